The van der Waals surface area contributed by atoms with Crippen molar-refractivity contribution in [3.8, 4) is 0 Å². The van der Waals surface area contributed by atoms with Gasteiger partial charge in [0.25, 0.3) is 0 Å². The molecular formula is C19H35N. The lowest BCUT2D eigenvalue weighted by molar-refractivity contribution is 0.399. The lowest BCUT2D eigenvalue weighted by Crippen LogP contribution is -2.02. The van der Waals surface area contributed by atoms with E-state index in [2.05, 4.69) is 46.2 Å². The minimum atomic E-state index is 0.813. The molecular weight excluding hydrogens is 242 g/mol. The zero-order valence-electron chi connectivity index (χ0n) is 14.4. The summed E-state index contributed by atoms with van der Waals surface area (Å²) in [4.78, 5) is 4.55. The molecule has 0 spiro atoms. The van der Waals surface area contributed by atoms with Gasteiger partial charge in [-0.1, -0.05) is 66.0 Å². The van der Waals surface area contributed by atoms with Gasteiger partial charge in [-0.15, -0.1) is 0 Å². The maximum Gasteiger partial charge on any atom is 0.0298 e. The van der Waals surface area contributed by atoms with Crippen molar-refractivity contribution in [1.29, 1.82) is 0 Å². The van der Waals surface area contributed by atoms with Crippen LogP contribution in [0.2, 0.25) is 0 Å². The van der Waals surface area contributed by atoms with Crippen LogP contribution in [-0.2, 0) is 0 Å². The highest BCUT2D eigenvalue weighted by atomic mass is 14.7. The van der Waals surface area contributed by atoms with Crippen LogP contribution in [0.4, 0.5) is 0 Å². The zero-order chi connectivity index (χ0) is 15.4. The maximum atomic E-state index is 4.55. The van der Waals surface area contributed by atoms with Crippen LogP contribution in [0.3, 0.4) is 0 Å². The molecule has 0 aromatic carbocycles. The van der Waals surface area contributed by atoms with Crippen LogP contribution < -0.4 is 0 Å². The third-order valence-corrected chi connectivity index (χ3v) is 4.05. The summed E-state index contributed by atoms with van der Waals surface area (Å²) in [5.74, 6) is 1.70. The summed E-state index contributed by atoms with van der Waals surface area (Å²) in [6.07, 6.45) is 12.7. The highest BCUT2D eigenvalue weighted by Gasteiger charge is 2.06. The second kappa shape index (κ2) is 11.9. The maximum absolute atomic E-state index is 4.55. The molecule has 0 aliphatic rings. The third-order valence-electron chi connectivity index (χ3n) is 4.05. The van der Waals surface area contributed by atoms with Gasteiger partial charge in [0.1, 0.15) is 0 Å². The van der Waals surface area contributed by atoms with Crippen molar-refractivity contribution in [3.05, 3.63) is 24.4 Å². The molecule has 20 heavy (non-hydrogen) atoms. The van der Waals surface area contributed by atoms with Gasteiger partial charge in [-0.25, -0.2) is 0 Å². The first-order chi connectivity index (χ1) is 9.53. The van der Waals surface area contributed by atoms with Gasteiger partial charge in [-0.2, -0.15) is 0 Å². The summed E-state index contributed by atoms with van der Waals surface area (Å²) < 4.78 is 0. The Hall–Kier alpha value is -0.850. The first-order valence-corrected chi connectivity index (χ1v) is 8.38. The predicted molar refractivity (Wildman–Crippen MR) is 93.4 cm³/mol. The Bertz CT molecular complexity index is 312. The molecule has 0 aliphatic heterocycles. The number of allylic oxidation sites excluding steroid dienone is 2. The van der Waals surface area contributed by atoms with Gasteiger partial charge in [0.2, 0.25) is 0 Å². The molecule has 1 nitrogen and oxygen atoms in total. The third kappa shape index (κ3) is 10.00. The van der Waals surface area contributed by atoms with Gasteiger partial charge in [-0.05, 0) is 43.6 Å². The van der Waals surface area contributed by atoms with Crippen LogP contribution in [0.15, 0.2) is 29.4 Å². The van der Waals surface area contributed by atoms with E-state index in [9.17, 15) is 0 Å². The first kappa shape index (κ1) is 19.1. The number of aliphatic imine (C=N–C) groups is 1. The van der Waals surface area contributed by atoms with E-state index in [1.165, 1.54) is 43.4 Å². The lowest BCUT2D eigenvalue weighted by atomic mass is 9.92. The van der Waals surface area contributed by atoms with Gasteiger partial charge in [-0.3, -0.25) is 4.99 Å². The average Bonchev–Trinajstić information content (AvgIpc) is 2.44. The van der Waals surface area contributed by atoms with Crippen molar-refractivity contribution in [2.75, 3.05) is 0 Å². The number of hydrogen-bond donors (Lipinski definition) is 0. The number of hydrogen-bond acceptors (Lipinski definition) is 1. The molecule has 0 aromatic rings. The molecule has 0 fully saturated rings. The molecule has 0 amide bonds. The molecule has 0 heterocycles. The van der Waals surface area contributed by atoms with Gasteiger partial charge in [0.05, 0.1) is 0 Å². The Balaban J connectivity index is 3.99. The van der Waals surface area contributed by atoms with E-state index in [1.807, 2.05) is 12.3 Å². The van der Waals surface area contributed by atoms with Crippen molar-refractivity contribution >= 4 is 5.71 Å². The van der Waals surface area contributed by atoms with Crippen LogP contribution in [0.1, 0.15) is 79.6 Å². The molecule has 0 radical (unpaired) electrons. The Morgan fingerprint density at radius 2 is 1.65 bits per heavy atom. The van der Waals surface area contributed by atoms with Crippen molar-refractivity contribution < 1.29 is 0 Å². The molecule has 0 aliphatic carbocycles. The lowest BCUT2D eigenvalue weighted by Gasteiger charge is -2.14. The van der Waals surface area contributed by atoms with Crippen molar-refractivity contribution in [1.82, 2.24) is 0 Å². The topological polar surface area (TPSA) is 12.4 Å². The Morgan fingerprint density at radius 1 is 1.05 bits per heavy atom. The van der Waals surface area contributed by atoms with Gasteiger partial charge < -0.3 is 0 Å². The normalized spacial score (nSPS) is 16.1. The quantitative estimate of drug-likeness (QED) is 0.299. The molecule has 0 saturated carbocycles. The average molecular weight is 277 g/mol. The molecule has 1 heteroatoms. The fourth-order valence-electron chi connectivity index (χ4n) is 2.35. The van der Waals surface area contributed by atoms with Crippen molar-refractivity contribution in [2.24, 2.45) is 16.8 Å². The Labute approximate surface area is 127 Å². The number of rotatable bonds is 11. The van der Waals surface area contributed by atoms with E-state index < -0.39 is 0 Å². The molecule has 116 valence electrons. The molecule has 0 aromatic heterocycles. The summed E-state index contributed by atoms with van der Waals surface area (Å²) in [5, 5.41) is 0. The highest BCUT2D eigenvalue weighted by Crippen LogP contribution is 2.19. The number of nitrogens with zero attached hydrogens (tertiary/aromatic N) is 1. The Morgan fingerprint density at radius 3 is 2.15 bits per heavy atom. The summed E-state index contributed by atoms with van der Waals surface area (Å²) >= 11 is 0. The minimum absolute atomic E-state index is 0.813. The standard InChI is InChI=1S/C19H35N/c1-7-10-16(4)11-12-17(5)13-14-18(6)20-15-19(8-2)9-3/h8,15-17H,2,7,9-14H2,1,3-6H3/b19-15+,20-18?. The SMILES string of the molecule is C=C/C(=C\N=C(C)CCC(C)CCC(C)CCC)CC. The zero-order valence-corrected chi connectivity index (χ0v) is 14.4. The van der Waals surface area contributed by atoms with E-state index >= 15 is 0 Å². The largest absolute Gasteiger partial charge is 0.266 e. The molecule has 2 atom stereocenters. The molecule has 0 bridgehead atoms. The summed E-state index contributed by atoms with van der Waals surface area (Å²) in [6, 6.07) is 0. The van der Waals surface area contributed by atoms with Crippen LogP contribution in [0.5, 0.6) is 0 Å². The van der Waals surface area contributed by atoms with Crippen LogP contribution >= 0.6 is 0 Å². The fourth-order valence-corrected chi connectivity index (χ4v) is 2.35. The van der Waals surface area contributed by atoms with Gasteiger partial charge in [0, 0.05) is 11.9 Å². The van der Waals surface area contributed by atoms with E-state index in [4.69, 9.17) is 0 Å². The van der Waals surface area contributed by atoms with Gasteiger partial charge in [0.15, 0.2) is 0 Å². The molecule has 0 saturated heterocycles. The smallest absolute Gasteiger partial charge is 0.0298 e. The predicted octanol–water partition coefficient (Wildman–Crippen LogP) is 6.56. The van der Waals surface area contributed by atoms with Crippen molar-refractivity contribution in [2.45, 2.75) is 79.6 Å². The summed E-state index contributed by atoms with van der Waals surface area (Å²) in [7, 11) is 0. The van der Waals surface area contributed by atoms with E-state index in [1.54, 1.807) is 0 Å². The summed E-state index contributed by atoms with van der Waals surface area (Å²) in [6.45, 7) is 15.1. The van der Waals surface area contributed by atoms with Gasteiger partial charge >= 0.3 is 0 Å². The van der Waals surface area contributed by atoms with Crippen LogP contribution in [0, 0.1) is 11.8 Å². The van der Waals surface area contributed by atoms with E-state index in [-0.39, 0.29) is 0 Å². The van der Waals surface area contributed by atoms with Crippen molar-refractivity contribution in [3.63, 3.8) is 0 Å². The molecule has 2 unspecified atom stereocenters. The second-order valence-corrected chi connectivity index (χ2v) is 6.24. The van der Waals surface area contributed by atoms with E-state index in [0.717, 1.165) is 24.7 Å². The van der Waals surface area contributed by atoms with Crippen LogP contribution in [-0.4, -0.2) is 5.71 Å². The van der Waals surface area contributed by atoms with Crippen LogP contribution in [0.25, 0.3) is 0 Å². The Kier molecular flexibility index (Phi) is 11.4. The second-order valence-electron chi connectivity index (χ2n) is 6.24. The highest BCUT2D eigenvalue weighted by molar-refractivity contribution is 5.82. The molecule has 0 rings (SSSR count). The van der Waals surface area contributed by atoms with E-state index in [0.29, 0.717) is 0 Å². The first-order valence-electron chi connectivity index (χ1n) is 8.38. The molecule has 0 N–H and O–H groups in total. The fraction of sp³-hybridized carbons (Fsp3) is 0.737. The minimum Gasteiger partial charge on any atom is -0.266 e. The monoisotopic (exact) mass is 277 g/mol. The summed E-state index contributed by atoms with van der Waals surface area (Å²) in [5.41, 5.74) is 2.46.